The Morgan fingerprint density at radius 2 is 1.91 bits per heavy atom. The number of sulfone groups is 1. The lowest BCUT2D eigenvalue weighted by molar-refractivity contribution is -0.121. The Kier molecular flexibility index (Phi) is 6.45. The number of nitrogens with zero attached hydrogens (tertiary/aromatic N) is 1. The number of amides is 1. The van der Waals surface area contributed by atoms with Crippen LogP contribution in [0.25, 0.3) is 0 Å². The fourth-order valence-electron chi connectivity index (χ4n) is 3.59. The molecule has 0 aromatic heterocycles. The van der Waals surface area contributed by atoms with Crippen molar-refractivity contribution in [3.05, 3.63) is 0 Å². The molecule has 2 fully saturated rings. The van der Waals surface area contributed by atoms with Crippen molar-refractivity contribution >= 4 is 15.7 Å². The summed E-state index contributed by atoms with van der Waals surface area (Å²) in [5.41, 5.74) is 0. The van der Waals surface area contributed by atoms with E-state index in [0.717, 1.165) is 39.1 Å². The van der Waals surface area contributed by atoms with E-state index in [-0.39, 0.29) is 24.1 Å². The maximum Gasteiger partial charge on any atom is 0.221 e. The lowest BCUT2D eigenvalue weighted by Gasteiger charge is -2.31. The van der Waals surface area contributed by atoms with Gasteiger partial charge in [-0.1, -0.05) is 13.8 Å². The minimum Gasteiger partial charge on any atom is -0.381 e. The van der Waals surface area contributed by atoms with E-state index in [4.69, 9.17) is 4.74 Å². The fourth-order valence-corrected chi connectivity index (χ4v) is 4.15. The third-order valence-corrected chi connectivity index (χ3v) is 5.95. The second kappa shape index (κ2) is 7.94. The molecule has 2 heterocycles. The number of nitrogens with one attached hydrogen (secondary N) is 1. The van der Waals surface area contributed by atoms with Crippen molar-refractivity contribution in [3.8, 4) is 0 Å². The average molecular weight is 346 g/mol. The molecule has 0 unspecified atom stereocenters. The first kappa shape index (κ1) is 18.7. The first-order chi connectivity index (χ1) is 10.8. The molecule has 0 aromatic rings. The lowest BCUT2D eigenvalue weighted by atomic mass is 9.91. The standard InChI is InChI=1S/C16H30N2O4S/c1-12(2)14-10-18(13-4-7-22-8-5-13)11-15(14)17-16(19)6-9-23(3,20)21/h12-15H,4-11H2,1-3H3,(H,17,19)/t14-,15+/m0/s1. The lowest BCUT2D eigenvalue weighted by Crippen LogP contribution is -2.43. The fraction of sp³-hybridized carbons (Fsp3) is 0.938. The van der Waals surface area contributed by atoms with Crippen LogP contribution in [0.4, 0.5) is 0 Å². The molecule has 1 N–H and O–H groups in total. The molecule has 0 aliphatic carbocycles. The van der Waals surface area contributed by atoms with Crippen molar-refractivity contribution in [3.63, 3.8) is 0 Å². The molecule has 0 radical (unpaired) electrons. The van der Waals surface area contributed by atoms with Crippen LogP contribution in [0.3, 0.4) is 0 Å². The van der Waals surface area contributed by atoms with E-state index in [9.17, 15) is 13.2 Å². The highest BCUT2D eigenvalue weighted by Gasteiger charge is 2.38. The third kappa shape index (κ3) is 5.72. The summed E-state index contributed by atoms with van der Waals surface area (Å²) in [4.78, 5) is 14.6. The molecule has 2 aliphatic rings. The maximum atomic E-state index is 12.1. The Morgan fingerprint density at radius 3 is 2.48 bits per heavy atom. The van der Waals surface area contributed by atoms with E-state index in [1.165, 1.54) is 6.26 Å². The zero-order valence-electron chi connectivity index (χ0n) is 14.5. The van der Waals surface area contributed by atoms with Crippen LogP contribution in [0, 0.1) is 11.8 Å². The number of hydrogen-bond acceptors (Lipinski definition) is 5. The molecule has 2 saturated heterocycles. The quantitative estimate of drug-likeness (QED) is 0.765. The molecule has 0 bridgehead atoms. The van der Waals surface area contributed by atoms with Crippen molar-refractivity contribution in [1.29, 1.82) is 0 Å². The van der Waals surface area contributed by atoms with E-state index in [2.05, 4.69) is 24.1 Å². The Labute approximate surface area is 139 Å². The van der Waals surface area contributed by atoms with Gasteiger partial charge < -0.3 is 10.1 Å². The largest absolute Gasteiger partial charge is 0.381 e. The first-order valence-corrected chi connectivity index (χ1v) is 10.6. The van der Waals surface area contributed by atoms with Crippen LogP contribution in [-0.4, -0.2) is 69.6 Å². The number of carbonyl (C=O) groups is 1. The molecule has 0 saturated carbocycles. The smallest absolute Gasteiger partial charge is 0.221 e. The minimum absolute atomic E-state index is 0.0530. The summed E-state index contributed by atoms with van der Waals surface area (Å²) in [6.45, 7) is 7.87. The highest BCUT2D eigenvalue weighted by molar-refractivity contribution is 7.90. The molecule has 23 heavy (non-hydrogen) atoms. The summed E-state index contributed by atoms with van der Waals surface area (Å²) in [5.74, 6) is 0.668. The molecular formula is C16H30N2O4S. The second-order valence-electron chi connectivity index (χ2n) is 7.26. The van der Waals surface area contributed by atoms with Gasteiger partial charge in [-0.15, -0.1) is 0 Å². The van der Waals surface area contributed by atoms with Gasteiger partial charge in [-0.25, -0.2) is 8.42 Å². The molecule has 2 aliphatic heterocycles. The van der Waals surface area contributed by atoms with Gasteiger partial charge in [0.15, 0.2) is 0 Å². The van der Waals surface area contributed by atoms with Crippen LogP contribution in [0.2, 0.25) is 0 Å². The zero-order valence-corrected chi connectivity index (χ0v) is 15.3. The number of carbonyl (C=O) groups excluding carboxylic acids is 1. The Morgan fingerprint density at radius 1 is 1.26 bits per heavy atom. The van der Waals surface area contributed by atoms with Gasteiger partial charge in [0.25, 0.3) is 0 Å². The molecule has 0 spiro atoms. The van der Waals surface area contributed by atoms with Crippen LogP contribution in [0.5, 0.6) is 0 Å². The Balaban J connectivity index is 1.91. The summed E-state index contributed by atoms with van der Waals surface area (Å²) in [6.07, 6.45) is 3.33. The molecule has 1 amide bonds. The van der Waals surface area contributed by atoms with Crippen molar-refractivity contribution in [2.75, 3.05) is 38.3 Å². The molecule has 2 atom stereocenters. The number of likely N-dealkylation sites (tertiary alicyclic amines) is 1. The van der Waals surface area contributed by atoms with Gasteiger partial charge in [0.05, 0.1) is 5.75 Å². The predicted molar refractivity (Wildman–Crippen MR) is 90.0 cm³/mol. The summed E-state index contributed by atoms with van der Waals surface area (Å²) in [6, 6.07) is 0.660. The van der Waals surface area contributed by atoms with Crippen LogP contribution in [0.15, 0.2) is 0 Å². The third-order valence-electron chi connectivity index (χ3n) is 5.00. The summed E-state index contributed by atoms with van der Waals surface area (Å²) < 4.78 is 27.8. The van der Waals surface area contributed by atoms with Crippen molar-refractivity contribution in [2.24, 2.45) is 11.8 Å². The van der Waals surface area contributed by atoms with Crippen LogP contribution in [-0.2, 0) is 19.4 Å². The van der Waals surface area contributed by atoms with Gasteiger partial charge in [0.2, 0.25) is 5.91 Å². The normalized spacial score (nSPS) is 27.5. The minimum atomic E-state index is -3.10. The average Bonchev–Trinajstić information content (AvgIpc) is 2.89. The van der Waals surface area contributed by atoms with E-state index in [1.807, 2.05) is 0 Å². The van der Waals surface area contributed by atoms with E-state index >= 15 is 0 Å². The van der Waals surface area contributed by atoms with Gasteiger partial charge in [-0.05, 0) is 24.7 Å². The highest BCUT2D eigenvalue weighted by Crippen LogP contribution is 2.28. The topological polar surface area (TPSA) is 75.7 Å². The summed E-state index contributed by atoms with van der Waals surface area (Å²) in [7, 11) is -3.10. The van der Waals surface area contributed by atoms with Gasteiger partial charge in [-0.2, -0.15) is 0 Å². The Hall–Kier alpha value is -0.660. The number of ether oxygens (including phenoxy) is 1. The SMILES string of the molecule is CC(C)[C@@H]1CN(C2CCOCC2)C[C@H]1NC(=O)CCS(C)(=O)=O. The molecule has 7 heteroatoms. The van der Waals surface area contributed by atoms with Crippen molar-refractivity contribution in [1.82, 2.24) is 10.2 Å². The monoisotopic (exact) mass is 346 g/mol. The van der Waals surface area contributed by atoms with E-state index in [0.29, 0.717) is 17.9 Å². The number of hydrogen-bond donors (Lipinski definition) is 1. The van der Waals surface area contributed by atoms with Crippen LogP contribution < -0.4 is 5.32 Å². The molecule has 6 nitrogen and oxygen atoms in total. The van der Waals surface area contributed by atoms with E-state index < -0.39 is 9.84 Å². The molecular weight excluding hydrogens is 316 g/mol. The van der Waals surface area contributed by atoms with Crippen molar-refractivity contribution < 1.29 is 17.9 Å². The first-order valence-electron chi connectivity index (χ1n) is 8.55. The van der Waals surface area contributed by atoms with Crippen LogP contribution in [0.1, 0.15) is 33.1 Å². The Bertz CT molecular complexity index is 500. The van der Waals surface area contributed by atoms with E-state index in [1.54, 1.807) is 0 Å². The van der Waals surface area contributed by atoms with Gasteiger partial charge in [0, 0.05) is 51.1 Å². The zero-order chi connectivity index (χ0) is 17.0. The van der Waals surface area contributed by atoms with Crippen molar-refractivity contribution in [2.45, 2.75) is 45.2 Å². The van der Waals surface area contributed by atoms with Crippen LogP contribution >= 0.6 is 0 Å². The maximum absolute atomic E-state index is 12.1. The predicted octanol–water partition coefficient (Wildman–Crippen LogP) is 0.673. The molecule has 134 valence electrons. The number of rotatable bonds is 6. The molecule has 2 rings (SSSR count). The van der Waals surface area contributed by atoms with Gasteiger partial charge >= 0.3 is 0 Å². The summed E-state index contributed by atoms with van der Waals surface area (Å²) in [5, 5.41) is 3.08. The summed E-state index contributed by atoms with van der Waals surface area (Å²) >= 11 is 0. The van der Waals surface area contributed by atoms with Gasteiger partial charge in [0.1, 0.15) is 9.84 Å². The second-order valence-corrected chi connectivity index (χ2v) is 9.52. The van der Waals surface area contributed by atoms with Gasteiger partial charge in [-0.3, -0.25) is 9.69 Å². The highest BCUT2D eigenvalue weighted by atomic mass is 32.2. The molecule has 0 aromatic carbocycles.